The van der Waals surface area contributed by atoms with E-state index in [1.807, 2.05) is 5.38 Å². The minimum Gasteiger partial charge on any atom is -0.469 e. The van der Waals surface area contributed by atoms with E-state index in [1.165, 1.54) is 18.4 Å². The predicted molar refractivity (Wildman–Crippen MR) is 67.9 cm³/mol. The summed E-state index contributed by atoms with van der Waals surface area (Å²) in [6.45, 7) is 1.55. The summed E-state index contributed by atoms with van der Waals surface area (Å²) < 4.78 is 15.8. The molecule has 1 saturated heterocycles. The normalized spacial score (nSPS) is 17.1. The van der Waals surface area contributed by atoms with Crippen molar-refractivity contribution in [2.45, 2.75) is 6.42 Å². The van der Waals surface area contributed by atoms with Crippen molar-refractivity contribution in [3.05, 3.63) is 11.1 Å². The second-order valence-corrected chi connectivity index (χ2v) is 6.24. The maximum Gasteiger partial charge on any atom is 0.311 e. The number of carbonyl (C=O) groups excluding carboxylic acids is 1. The summed E-state index contributed by atoms with van der Waals surface area (Å²) in [5.41, 5.74) is 0.739. The van der Waals surface area contributed by atoms with Gasteiger partial charge >= 0.3 is 5.97 Å². The quantitative estimate of drug-likeness (QED) is 0.748. The molecule has 0 radical (unpaired) electrons. The maximum atomic E-state index is 11.2. The molecule has 0 saturated carbocycles. The second-order valence-electron chi connectivity index (χ2n) is 3.71. The summed E-state index contributed by atoms with van der Waals surface area (Å²) in [7, 11) is 0.693. The van der Waals surface area contributed by atoms with Gasteiger partial charge in [0.2, 0.25) is 0 Å². The van der Waals surface area contributed by atoms with Crippen molar-refractivity contribution in [1.82, 2.24) is 4.98 Å². The first-order chi connectivity index (χ1) is 8.19. The van der Waals surface area contributed by atoms with Gasteiger partial charge in [-0.3, -0.25) is 9.00 Å². The zero-order chi connectivity index (χ0) is 12.3. The van der Waals surface area contributed by atoms with Gasteiger partial charge in [-0.05, 0) is 0 Å². The molecule has 0 spiro atoms. The molecular weight excluding hydrogens is 260 g/mol. The van der Waals surface area contributed by atoms with Crippen molar-refractivity contribution >= 4 is 33.2 Å². The van der Waals surface area contributed by atoms with Crippen LogP contribution in [0.25, 0.3) is 0 Å². The Labute approximate surface area is 106 Å². The Balaban J connectivity index is 1.98. The second kappa shape index (κ2) is 5.59. The molecule has 7 heteroatoms. The molecule has 1 aromatic heterocycles. The lowest BCUT2D eigenvalue weighted by molar-refractivity contribution is -0.139. The molecule has 1 aliphatic rings. The third-order valence-electron chi connectivity index (χ3n) is 2.54. The fraction of sp³-hybridized carbons (Fsp3) is 0.600. The highest BCUT2D eigenvalue weighted by Gasteiger charge is 2.18. The number of hydrogen-bond acceptors (Lipinski definition) is 6. The van der Waals surface area contributed by atoms with Gasteiger partial charge in [-0.25, -0.2) is 4.98 Å². The molecule has 2 rings (SSSR count). The van der Waals surface area contributed by atoms with Crippen molar-refractivity contribution in [3.8, 4) is 0 Å². The van der Waals surface area contributed by atoms with Crippen LogP contribution in [0.1, 0.15) is 5.69 Å². The minimum atomic E-state index is -0.677. The predicted octanol–water partition coefficient (Wildman–Crippen LogP) is 0.427. The number of ether oxygens (including phenoxy) is 1. The van der Waals surface area contributed by atoms with Crippen LogP contribution in [0.3, 0.4) is 0 Å². The smallest absolute Gasteiger partial charge is 0.311 e. The van der Waals surface area contributed by atoms with Crippen LogP contribution >= 0.6 is 11.3 Å². The summed E-state index contributed by atoms with van der Waals surface area (Å²) in [6, 6.07) is 0. The van der Waals surface area contributed by atoms with Crippen molar-refractivity contribution in [2.24, 2.45) is 0 Å². The number of anilines is 1. The van der Waals surface area contributed by atoms with Crippen LogP contribution in [-0.2, 0) is 26.8 Å². The van der Waals surface area contributed by atoms with Crippen LogP contribution in [0.2, 0.25) is 0 Å². The largest absolute Gasteiger partial charge is 0.469 e. The van der Waals surface area contributed by atoms with E-state index in [0.717, 1.165) is 23.9 Å². The third kappa shape index (κ3) is 3.26. The van der Waals surface area contributed by atoms with E-state index in [0.29, 0.717) is 11.5 Å². The Hall–Kier alpha value is -0.950. The lowest BCUT2D eigenvalue weighted by Crippen LogP contribution is -2.37. The van der Waals surface area contributed by atoms with Crippen molar-refractivity contribution in [2.75, 3.05) is 36.6 Å². The van der Waals surface area contributed by atoms with Gasteiger partial charge in [-0.2, -0.15) is 0 Å². The first kappa shape index (κ1) is 12.5. The number of aromatic nitrogens is 1. The third-order valence-corrected chi connectivity index (χ3v) is 4.77. The van der Waals surface area contributed by atoms with Gasteiger partial charge in [-0.15, -0.1) is 11.3 Å². The van der Waals surface area contributed by atoms with Gasteiger partial charge < -0.3 is 9.64 Å². The minimum absolute atomic E-state index is 0.215. The van der Waals surface area contributed by atoms with Gasteiger partial charge in [0.1, 0.15) is 0 Å². The van der Waals surface area contributed by atoms with Crippen LogP contribution in [0.4, 0.5) is 5.13 Å². The van der Waals surface area contributed by atoms with Crippen LogP contribution in [0, 0.1) is 0 Å². The van der Waals surface area contributed by atoms with Gasteiger partial charge in [0.25, 0.3) is 0 Å². The highest BCUT2D eigenvalue weighted by Crippen LogP contribution is 2.22. The summed E-state index contributed by atoms with van der Waals surface area (Å²) in [6.07, 6.45) is 0.215. The summed E-state index contributed by atoms with van der Waals surface area (Å²) in [5.74, 6) is 1.12. The molecule has 1 aromatic rings. The Bertz CT molecular complexity index is 423. The van der Waals surface area contributed by atoms with Crippen LogP contribution in [0.15, 0.2) is 5.38 Å². The lowest BCUT2D eigenvalue weighted by atomic mass is 10.3. The highest BCUT2D eigenvalue weighted by molar-refractivity contribution is 7.85. The summed E-state index contributed by atoms with van der Waals surface area (Å²) >= 11 is 1.52. The molecule has 17 heavy (non-hydrogen) atoms. The van der Waals surface area contributed by atoms with E-state index >= 15 is 0 Å². The topological polar surface area (TPSA) is 59.5 Å². The first-order valence-corrected chi connectivity index (χ1v) is 7.67. The van der Waals surface area contributed by atoms with Crippen molar-refractivity contribution < 1.29 is 13.7 Å². The average molecular weight is 274 g/mol. The summed E-state index contributed by atoms with van der Waals surface area (Å²) in [5, 5.41) is 2.78. The standard InChI is InChI=1S/C10H14N2O3S2/c1-15-9(13)6-8-7-16-10(11-8)12-2-4-17(14)5-3-12/h7H,2-6H2,1H3. The number of rotatable bonds is 3. The Morgan fingerprint density at radius 3 is 2.94 bits per heavy atom. The molecule has 1 fully saturated rings. The number of hydrogen-bond donors (Lipinski definition) is 0. The van der Waals surface area contributed by atoms with Crippen molar-refractivity contribution in [1.29, 1.82) is 0 Å². The molecule has 0 bridgehead atoms. The molecule has 0 atom stereocenters. The molecule has 2 heterocycles. The van der Waals surface area contributed by atoms with E-state index in [1.54, 1.807) is 0 Å². The Morgan fingerprint density at radius 1 is 1.59 bits per heavy atom. The first-order valence-electron chi connectivity index (χ1n) is 5.30. The van der Waals surface area contributed by atoms with E-state index in [-0.39, 0.29) is 12.4 Å². The van der Waals surface area contributed by atoms with Crippen LogP contribution in [0.5, 0.6) is 0 Å². The highest BCUT2D eigenvalue weighted by atomic mass is 32.2. The van der Waals surface area contributed by atoms with Gasteiger partial charge in [0, 0.05) is 40.8 Å². The van der Waals surface area contributed by atoms with E-state index in [4.69, 9.17) is 0 Å². The molecule has 1 aliphatic heterocycles. The van der Waals surface area contributed by atoms with Crippen LogP contribution < -0.4 is 4.90 Å². The molecule has 0 aromatic carbocycles. The zero-order valence-corrected chi connectivity index (χ0v) is 11.2. The molecule has 94 valence electrons. The number of methoxy groups -OCH3 is 1. The molecule has 0 N–H and O–H groups in total. The molecule has 0 aliphatic carbocycles. The van der Waals surface area contributed by atoms with Crippen molar-refractivity contribution in [3.63, 3.8) is 0 Å². The lowest BCUT2D eigenvalue weighted by Gasteiger charge is -2.25. The number of esters is 1. The number of thiazole rings is 1. The fourth-order valence-electron chi connectivity index (χ4n) is 1.57. The van der Waals surface area contributed by atoms with Crippen LogP contribution in [-0.4, -0.2) is 46.9 Å². The van der Waals surface area contributed by atoms with E-state index in [2.05, 4.69) is 14.6 Å². The maximum absolute atomic E-state index is 11.2. The number of nitrogens with zero attached hydrogens (tertiary/aromatic N) is 2. The Kier molecular flexibility index (Phi) is 4.11. The van der Waals surface area contributed by atoms with Gasteiger partial charge in [0.15, 0.2) is 5.13 Å². The van der Waals surface area contributed by atoms with E-state index in [9.17, 15) is 9.00 Å². The monoisotopic (exact) mass is 274 g/mol. The molecule has 0 unspecified atom stereocenters. The molecule has 5 nitrogen and oxygen atoms in total. The zero-order valence-electron chi connectivity index (χ0n) is 9.55. The molecular formula is C10H14N2O3S2. The molecule has 0 amide bonds. The summed E-state index contributed by atoms with van der Waals surface area (Å²) in [4.78, 5) is 17.6. The fourth-order valence-corrected chi connectivity index (χ4v) is 3.50. The SMILES string of the molecule is COC(=O)Cc1csc(N2CCS(=O)CC2)n1. The number of carbonyl (C=O) groups is 1. The average Bonchev–Trinajstić information content (AvgIpc) is 2.78. The Morgan fingerprint density at radius 2 is 2.29 bits per heavy atom. The van der Waals surface area contributed by atoms with Gasteiger partial charge in [-0.1, -0.05) is 0 Å². The van der Waals surface area contributed by atoms with Gasteiger partial charge in [0.05, 0.1) is 19.2 Å². The van der Waals surface area contributed by atoms with E-state index < -0.39 is 10.8 Å².